The number of piperidine rings is 1. The summed E-state index contributed by atoms with van der Waals surface area (Å²) in [7, 11) is 0. The molecule has 2 aromatic rings. The number of nitrogens with zero attached hydrogens (tertiary/aromatic N) is 4. The summed E-state index contributed by atoms with van der Waals surface area (Å²) in [5, 5.41) is 19.5. The summed E-state index contributed by atoms with van der Waals surface area (Å²) in [5.74, 6) is 0.624. The molecule has 0 bridgehead atoms. The molecule has 1 aliphatic heterocycles. The second kappa shape index (κ2) is 9.48. The minimum Gasteiger partial charge on any atom is -0.494 e. The van der Waals surface area contributed by atoms with Crippen LogP contribution in [0.5, 0.6) is 5.75 Å². The van der Waals surface area contributed by atoms with Crippen LogP contribution in [0.3, 0.4) is 0 Å². The number of likely N-dealkylation sites (tertiary alicyclic amines) is 1. The molecule has 1 unspecified atom stereocenters. The number of aliphatic hydroxyl groups excluding tert-OH is 1. The maximum atomic E-state index is 11.9. The molecular weight excluding hydrogens is 346 g/mol. The SMILES string of the molecule is CCOc1ccccc1CN1CCCC(n2cc(C(=O)NCCO)nn2)C1. The van der Waals surface area contributed by atoms with Gasteiger partial charge < -0.3 is 15.2 Å². The molecule has 1 aromatic heterocycles. The first-order chi connectivity index (χ1) is 13.2. The van der Waals surface area contributed by atoms with Gasteiger partial charge in [-0.2, -0.15) is 0 Å². The molecule has 1 fully saturated rings. The Morgan fingerprint density at radius 1 is 1.41 bits per heavy atom. The molecule has 0 spiro atoms. The summed E-state index contributed by atoms with van der Waals surface area (Å²) < 4.78 is 7.52. The molecule has 1 saturated heterocycles. The molecule has 1 amide bonds. The Hall–Kier alpha value is -2.45. The van der Waals surface area contributed by atoms with Gasteiger partial charge in [-0.15, -0.1) is 5.10 Å². The predicted octanol–water partition coefficient (Wildman–Crippen LogP) is 1.24. The Balaban J connectivity index is 1.63. The molecule has 0 radical (unpaired) electrons. The fourth-order valence-electron chi connectivity index (χ4n) is 3.38. The van der Waals surface area contributed by atoms with Crippen molar-refractivity contribution in [2.45, 2.75) is 32.4 Å². The summed E-state index contributed by atoms with van der Waals surface area (Å²) in [6.45, 7) is 5.46. The first kappa shape index (κ1) is 19.3. The van der Waals surface area contributed by atoms with Crippen molar-refractivity contribution >= 4 is 5.91 Å². The van der Waals surface area contributed by atoms with E-state index in [1.54, 1.807) is 10.9 Å². The largest absolute Gasteiger partial charge is 0.494 e. The number of benzene rings is 1. The molecular formula is C19H27N5O3. The van der Waals surface area contributed by atoms with Gasteiger partial charge in [-0.1, -0.05) is 23.4 Å². The van der Waals surface area contributed by atoms with Gasteiger partial charge in [0.2, 0.25) is 0 Å². The molecule has 146 valence electrons. The predicted molar refractivity (Wildman–Crippen MR) is 101 cm³/mol. The van der Waals surface area contributed by atoms with Gasteiger partial charge in [0, 0.05) is 25.2 Å². The maximum Gasteiger partial charge on any atom is 0.273 e. The Bertz CT molecular complexity index is 748. The Kier molecular flexibility index (Phi) is 6.78. The highest BCUT2D eigenvalue weighted by atomic mass is 16.5. The third-order valence-corrected chi connectivity index (χ3v) is 4.66. The van der Waals surface area contributed by atoms with Crippen LogP contribution in [-0.2, 0) is 6.54 Å². The highest BCUT2D eigenvalue weighted by Gasteiger charge is 2.24. The van der Waals surface area contributed by atoms with E-state index < -0.39 is 0 Å². The van der Waals surface area contributed by atoms with E-state index in [0.717, 1.165) is 38.2 Å². The van der Waals surface area contributed by atoms with Crippen LogP contribution in [0.4, 0.5) is 0 Å². The number of nitrogens with one attached hydrogen (secondary N) is 1. The van der Waals surface area contributed by atoms with E-state index in [9.17, 15) is 4.79 Å². The van der Waals surface area contributed by atoms with Gasteiger partial charge in [-0.25, -0.2) is 4.68 Å². The zero-order valence-corrected chi connectivity index (χ0v) is 15.7. The van der Waals surface area contributed by atoms with Crippen molar-refractivity contribution in [1.29, 1.82) is 0 Å². The number of hydrogen-bond donors (Lipinski definition) is 2. The lowest BCUT2D eigenvalue weighted by Gasteiger charge is -2.32. The Morgan fingerprint density at radius 2 is 2.26 bits per heavy atom. The van der Waals surface area contributed by atoms with Crippen LogP contribution in [0.25, 0.3) is 0 Å². The molecule has 1 aromatic carbocycles. The number of rotatable bonds is 8. The second-order valence-electron chi connectivity index (χ2n) is 6.64. The van der Waals surface area contributed by atoms with Crippen LogP contribution in [0, 0.1) is 0 Å². The van der Waals surface area contributed by atoms with E-state index in [1.807, 2.05) is 25.1 Å². The molecule has 0 saturated carbocycles. The monoisotopic (exact) mass is 373 g/mol. The van der Waals surface area contributed by atoms with Crippen molar-refractivity contribution in [1.82, 2.24) is 25.2 Å². The van der Waals surface area contributed by atoms with Crippen LogP contribution < -0.4 is 10.1 Å². The quantitative estimate of drug-likeness (QED) is 0.723. The van der Waals surface area contributed by atoms with Crippen LogP contribution in [0.1, 0.15) is 41.9 Å². The van der Waals surface area contributed by atoms with Crippen LogP contribution >= 0.6 is 0 Å². The van der Waals surface area contributed by atoms with Crippen LogP contribution in [0.15, 0.2) is 30.5 Å². The van der Waals surface area contributed by atoms with Gasteiger partial charge in [-0.05, 0) is 32.4 Å². The summed E-state index contributed by atoms with van der Waals surface area (Å²) in [6, 6.07) is 8.33. The van der Waals surface area contributed by atoms with E-state index in [-0.39, 0.29) is 30.8 Å². The molecule has 27 heavy (non-hydrogen) atoms. The third-order valence-electron chi connectivity index (χ3n) is 4.66. The van der Waals surface area contributed by atoms with E-state index in [4.69, 9.17) is 9.84 Å². The summed E-state index contributed by atoms with van der Waals surface area (Å²) in [4.78, 5) is 14.3. The molecule has 1 aliphatic rings. The van der Waals surface area contributed by atoms with Crippen LogP contribution in [-0.4, -0.2) is 63.8 Å². The Morgan fingerprint density at radius 3 is 3.07 bits per heavy atom. The number of amides is 1. The number of carbonyl (C=O) groups is 1. The second-order valence-corrected chi connectivity index (χ2v) is 6.64. The van der Waals surface area contributed by atoms with Crippen molar-refractivity contribution < 1.29 is 14.6 Å². The molecule has 8 nitrogen and oxygen atoms in total. The van der Waals surface area contributed by atoms with E-state index >= 15 is 0 Å². The third kappa shape index (κ3) is 5.05. The normalized spacial score (nSPS) is 17.6. The number of ether oxygens (including phenoxy) is 1. The van der Waals surface area contributed by atoms with Gasteiger partial charge in [-0.3, -0.25) is 9.69 Å². The zero-order chi connectivity index (χ0) is 19.1. The van der Waals surface area contributed by atoms with E-state index in [2.05, 4.69) is 26.6 Å². The van der Waals surface area contributed by atoms with Crippen molar-refractivity contribution in [2.24, 2.45) is 0 Å². The molecule has 2 heterocycles. The first-order valence-electron chi connectivity index (χ1n) is 9.45. The average molecular weight is 373 g/mol. The summed E-state index contributed by atoms with van der Waals surface area (Å²) in [6.07, 6.45) is 3.76. The van der Waals surface area contributed by atoms with E-state index in [1.165, 1.54) is 5.56 Å². The zero-order valence-electron chi connectivity index (χ0n) is 15.7. The van der Waals surface area contributed by atoms with Crippen molar-refractivity contribution in [2.75, 3.05) is 32.8 Å². The molecule has 2 N–H and O–H groups in total. The summed E-state index contributed by atoms with van der Waals surface area (Å²) >= 11 is 0. The number of aliphatic hydroxyl groups is 1. The maximum absolute atomic E-state index is 11.9. The fourth-order valence-corrected chi connectivity index (χ4v) is 3.38. The lowest BCUT2D eigenvalue weighted by molar-refractivity contribution is 0.0939. The first-order valence-corrected chi connectivity index (χ1v) is 9.45. The van der Waals surface area contributed by atoms with Gasteiger partial charge >= 0.3 is 0 Å². The molecule has 8 heteroatoms. The lowest BCUT2D eigenvalue weighted by atomic mass is 10.0. The number of aromatic nitrogens is 3. The minimum absolute atomic E-state index is 0.0965. The molecule has 3 rings (SSSR count). The van der Waals surface area contributed by atoms with E-state index in [0.29, 0.717) is 6.61 Å². The molecule has 1 atom stereocenters. The highest BCUT2D eigenvalue weighted by molar-refractivity contribution is 5.91. The van der Waals surface area contributed by atoms with Crippen molar-refractivity contribution in [3.8, 4) is 5.75 Å². The molecule has 0 aliphatic carbocycles. The standard InChI is InChI=1S/C19H27N5O3/c1-2-27-18-8-4-3-6-15(18)12-23-10-5-7-16(13-23)24-14-17(21-22-24)19(26)20-9-11-25/h3-4,6,8,14,16,25H,2,5,7,9-13H2,1H3,(H,20,26). The number of carbonyl (C=O) groups excluding carboxylic acids is 1. The van der Waals surface area contributed by atoms with Crippen molar-refractivity contribution in [3.05, 3.63) is 41.7 Å². The highest BCUT2D eigenvalue weighted by Crippen LogP contribution is 2.25. The van der Waals surface area contributed by atoms with Crippen molar-refractivity contribution in [3.63, 3.8) is 0 Å². The van der Waals surface area contributed by atoms with Gasteiger partial charge in [0.05, 0.1) is 25.5 Å². The smallest absolute Gasteiger partial charge is 0.273 e. The summed E-state index contributed by atoms with van der Waals surface area (Å²) in [5.41, 5.74) is 1.46. The van der Waals surface area contributed by atoms with Gasteiger partial charge in [0.1, 0.15) is 5.75 Å². The van der Waals surface area contributed by atoms with Gasteiger partial charge in [0.25, 0.3) is 5.91 Å². The average Bonchev–Trinajstić information content (AvgIpc) is 3.18. The topological polar surface area (TPSA) is 92.5 Å². The van der Waals surface area contributed by atoms with Crippen LogP contribution in [0.2, 0.25) is 0 Å². The van der Waals surface area contributed by atoms with Gasteiger partial charge in [0.15, 0.2) is 5.69 Å². The Labute approximate surface area is 159 Å². The minimum atomic E-state index is -0.311. The fraction of sp³-hybridized carbons (Fsp3) is 0.526. The number of hydrogen-bond acceptors (Lipinski definition) is 6. The number of para-hydroxylation sites is 1. The lowest BCUT2D eigenvalue weighted by Crippen LogP contribution is -2.36.